The number of anilines is 1. The first kappa shape index (κ1) is 12.4. The highest BCUT2D eigenvalue weighted by atomic mass is 32.2. The molecule has 0 saturated heterocycles. The topological polar surface area (TPSA) is 80.9 Å². The molecule has 2 rings (SSSR count). The molecule has 0 spiro atoms. The van der Waals surface area contributed by atoms with Gasteiger partial charge in [0.1, 0.15) is 11.4 Å². The van der Waals surface area contributed by atoms with Gasteiger partial charge in [0.25, 0.3) is 5.91 Å². The zero-order chi connectivity index (χ0) is 13.0. The molecule has 0 atom stereocenters. The molecule has 1 aromatic carbocycles. The molecule has 1 aromatic heterocycles. The van der Waals surface area contributed by atoms with E-state index in [4.69, 9.17) is 5.73 Å². The molecule has 0 aliphatic rings. The SMILES string of the molecule is CNC(=O)c1ccc(N)cc1Sc1ccncn1. The molecule has 92 valence electrons. The van der Waals surface area contributed by atoms with Crippen LogP contribution >= 0.6 is 11.8 Å². The van der Waals surface area contributed by atoms with Crippen LogP contribution in [0.2, 0.25) is 0 Å². The van der Waals surface area contributed by atoms with Gasteiger partial charge in [-0.25, -0.2) is 9.97 Å². The summed E-state index contributed by atoms with van der Waals surface area (Å²) in [6, 6.07) is 6.95. The Morgan fingerprint density at radius 2 is 2.22 bits per heavy atom. The third-order valence-corrected chi connectivity index (χ3v) is 3.26. The Kier molecular flexibility index (Phi) is 3.78. The van der Waals surface area contributed by atoms with E-state index in [2.05, 4.69) is 15.3 Å². The molecule has 5 nitrogen and oxygen atoms in total. The lowest BCUT2D eigenvalue weighted by Gasteiger charge is -2.08. The van der Waals surface area contributed by atoms with Gasteiger partial charge < -0.3 is 11.1 Å². The molecule has 0 saturated carbocycles. The van der Waals surface area contributed by atoms with Crippen LogP contribution in [-0.4, -0.2) is 22.9 Å². The van der Waals surface area contributed by atoms with E-state index in [0.29, 0.717) is 11.3 Å². The molecule has 1 heterocycles. The van der Waals surface area contributed by atoms with Crippen molar-refractivity contribution in [2.24, 2.45) is 0 Å². The van der Waals surface area contributed by atoms with E-state index in [1.54, 1.807) is 37.5 Å². The highest BCUT2D eigenvalue weighted by Gasteiger charge is 2.11. The second kappa shape index (κ2) is 5.50. The number of hydrogen-bond acceptors (Lipinski definition) is 5. The van der Waals surface area contributed by atoms with E-state index in [1.165, 1.54) is 18.1 Å². The summed E-state index contributed by atoms with van der Waals surface area (Å²) in [6.45, 7) is 0. The van der Waals surface area contributed by atoms with Crippen LogP contribution in [0.1, 0.15) is 10.4 Å². The summed E-state index contributed by atoms with van der Waals surface area (Å²) < 4.78 is 0. The van der Waals surface area contributed by atoms with Crippen LogP contribution in [-0.2, 0) is 0 Å². The molecule has 2 aromatic rings. The van der Waals surface area contributed by atoms with Crippen LogP contribution in [0.3, 0.4) is 0 Å². The lowest BCUT2D eigenvalue weighted by molar-refractivity contribution is 0.0960. The van der Waals surface area contributed by atoms with E-state index in [-0.39, 0.29) is 5.91 Å². The van der Waals surface area contributed by atoms with Crippen LogP contribution in [0.15, 0.2) is 46.7 Å². The first-order valence-corrected chi connectivity index (χ1v) is 6.08. The van der Waals surface area contributed by atoms with Crippen molar-refractivity contribution in [3.63, 3.8) is 0 Å². The quantitative estimate of drug-likeness (QED) is 0.646. The Morgan fingerprint density at radius 3 is 2.89 bits per heavy atom. The molecule has 6 heteroatoms. The first-order chi connectivity index (χ1) is 8.70. The monoisotopic (exact) mass is 260 g/mol. The highest BCUT2D eigenvalue weighted by Crippen LogP contribution is 2.30. The van der Waals surface area contributed by atoms with Crippen molar-refractivity contribution < 1.29 is 4.79 Å². The van der Waals surface area contributed by atoms with E-state index in [0.717, 1.165) is 9.92 Å². The summed E-state index contributed by atoms with van der Waals surface area (Å²) in [6.07, 6.45) is 3.12. The third kappa shape index (κ3) is 2.78. The predicted molar refractivity (Wildman–Crippen MR) is 70.4 cm³/mol. The number of nitrogens with one attached hydrogen (secondary N) is 1. The fourth-order valence-electron chi connectivity index (χ4n) is 1.40. The summed E-state index contributed by atoms with van der Waals surface area (Å²) in [5.74, 6) is -0.147. The fraction of sp³-hybridized carbons (Fsp3) is 0.0833. The largest absolute Gasteiger partial charge is 0.399 e. The number of carbonyl (C=O) groups is 1. The van der Waals surface area contributed by atoms with Crippen LogP contribution in [0, 0.1) is 0 Å². The van der Waals surface area contributed by atoms with Crippen molar-refractivity contribution in [2.45, 2.75) is 9.92 Å². The average Bonchev–Trinajstić information content (AvgIpc) is 2.39. The van der Waals surface area contributed by atoms with Gasteiger partial charge in [0, 0.05) is 23.8 Å². The van der Waals surface area contributed by atoms with Gasteiger partial charge in [0.15, 0.2) is 0 Å². The fourth-order valence-corrected chi connectivity index (χ4v) is 2.32. The molecule has 3 N–H and O–H groups in total. The molecule has 0 aliphatic carbocycles. The van der Waals surface area contributed by atoms with Crippen molar-refractivity contribution in [2.75, 3.05) is 12.8 Å². The molecular weight excluding hydrogens is 248 g/mol. The lowest BCUT2D eigenvalue weighted by Crippen LogP contribution is -2.18. The molecule has 0 radical (unpaired) electrons. The molecule has 0 unspecified atom stereocenters. The number of aromatic nitrogens is 2. The summed E-state index contributed by atoms with van der Waals surface area (Å²) in [5.41, 5.74) is 6.93. The lowest BCUT2D eigenvalue weighted by atomic mass is 10.2. The van der Waals surface area contributed by atoms with Crippen molar-refractivity contribution in [3.05, 3.63) is 42.4 Å². The summed E-state index contributed by atoms with van der Waals surface area (Å²) in [4.78, 5) is 20.5. The number of hydrogen-bond donors (Lipinski definition) is 2. The summed E-state index contributed by atoms with van der Waals surface area (Å²) in [5, 5.41) is 3.37. The first-order valence-electron chi connectivity index (χ1n) is 5.26. The van der Waals surface area contributed by atoms with Gasteiger partial charge in [-0.3, -0.25) is 4.79 Å². The minimum Gasteiger partial charge on any atom is -0.399 e. The number of nitrogens with zero attached hydrogens (tertiary/aromatic N) is 2. The number of nitrogens with two attached hydrogens (primary N) is 1. The van der Waals surface area contributed by atoms with Crippen LogP contribution in [0.4, 0.5) is 5.69 Å². The molecule has 1 amide bonds. The second-order valence-corrected chi connectivity index (χ2v) is 4.55. The molecule has 0 aliphatic heterocycles. The average molecular weight is 260 g/mol. The van der Waals surface area contributed by atoms with Gasteiger partial charge in [-0.1, -0.05) is 11.8 Å². The third-order valence-electron chi connectivity index (χ3n) is 2.25. The predicted octanol–water partition coefficient (Wildman–Crippen LogP) is 1.57. The maximum atomic E-state index is 11.7. The molecular formula is C12H12N4OS. The zero-order valence-corrected chi connectivity index (χ0v) is 10.6. The maximum Gasteiger partial charge on any atom is 0.252 e. The molecule has 0 fully saturated rings. The van der Waals surface area contributed by atoms with Crippen LogP contribution < -0.4 is 11.1 Å². The Morgan fingerprint density at radius 1 is 1.39 bits per heavy atom. The number of rotatable bonds is 3. The van der Waals surface area contributed by atoms with Crippen molar-refractivity contribution in [3.8, 4) is 0 Å². The number of amides is 1. The van der Waals surface area contributed by atoms with Gasteiger partial charge in [0.2, 0.25) is 0 Å². The smallest absolute Gasteiger partial charge is 0.252 e. The zero-order valence-electron chi connectivity index (χ0n) is 9.75. The Bertz CT molecular complexity index is 559. The van der Waals surface area contributed by atoms with Crippen LogP contribution in [0.25, 0.3) is 0 Å². The normalized spacial score (nSPS) is 10.1. The van der Waals surface area contributed by atoms with Crippen molar-refractivity contribution in [1.29, 1.82) is 0 Å². The Hall–Kier alpha value is -2.08. The van der Waals surface area contributed by atoms with Gasteiger partial charge in [0.05, 0.1) is 5.56 Å². The van der Waals surface area contributed by atoms with Gasteiger partial charge in [-0.2, -0.15) is 0 Å². The number of carbonyl (C=O) groups excluding carboxylic acids is 1. The maximum absolute atomic E-state index is 11.7. The van der Waals surface area contributed by atoms with E-state index in [9.17, 15) is 4.79 Å². The summed E-state index contributed by atoms with van der Waals surface area (Å²) >= 11 is 1.38. The Balaban J connectivity index is 2.36. The van der Waals surface area contributed by atoms with Crippen LogP contribution in [0.5, 0.6) is 0 Å². The van der Waals surface area contributed by atoms with Gasteiger partial charge >= 0.3 is 0 Å². The molecule has 18 heavy (non-hydrogen) atoms. The van der Waals surface area contributed by atoms with Gasteiger partial charge in [-0.05, 0) is 24.3 Å². The highest BCUT2D eigenvalue weighted by molar-refractivity contribution is 7.99. The van der Waals surface area contributed by atoms with E-state index in [1.807, 2.05) is 0 Å². The van der Waals surface area contributed by atoms with E-state index >= 15 is 0 Å². The van der Waals surface area contributed by atoms with Crippen molar-refractivity contribution >= 4 is 23.4 Å². The van der Waals surface area contributed by atoms with E-state index < -0.39 is 0 Å². The standard InChI is InChI=1S/C12H12N4OS/c1-14-12(17)9-3-2-8(13)6-10(9)18-11-4-5-15-7-16-11/h2-7H,13H2,1H3,(H,14,17). The van der Waals surface area contributed by atoms with Crippen molar-refractivity contribution in [1.82, 2.24) is 15.3 Å². The number of nitrogen functional groups attached to an aromatic ring is 1. The molecule has 0 bridgehead atoms. The minimum absolute atomic E-state index is 0.147. The Labute approximate surface area is 109 Å². The minimum atomic E-state index is -0.147. The van der Waals surface area contributed by atoms with Gasteiger partial charge in [-0.15, -0.1) is 0 Å². The summed E-state index contributed by atoms with van der Waals surface area (Å²) in [7, 11) is 1.60. The second-order valence-electron chi connectivity index (χ2n) is 3.48. The number of benzene rings is 1.